The Balaban J connectivity index is 1.64. The van der Waals surface area contributed by atoms with Crippen LogP contribution in [0.15, 0.2) is 48.7 Å². The number of anilines is 1. The number of likely N-dealkylation sites (N-methyl/N-ethyl adjacent to an activating group) is 1. The maximum Gasteiger partial charge on any atom is 0.242 e. The first-order valence-electron chi connectivity index (χ1n) is 7.88. The number of aromatic amines is 1. The summed E-state index contributed by atoms with van der Waals surface area (Å²) in [4.78, 5) is 18.4. The highest BCUT2D eigenvalue weighted by atomic mass is 16.2. The van der Waals surface area contributed by atoms with Gasteiger partial charge in [-0.15, -0.1) is 10.2 Å². The average molecular weight is 337 g/mol. The minimum absolute atomic E-state index is 0.101. The first-order valence-corrected chi connectivity index (χ1v) is 7.88. The predicted molar refractivity (Wildman–Crippen MR) is 93.4 cm³/mol. The van der Waals surface area contributed by atoms with E-state index in [2.05, 4.69) is 30.9 Å². The number of amides is 1. The second kappa shape index (κ2) is 7.63. The van der Waals surface area contributed by atoms with E-state index in [0.717, 1.165) is 11.1 Å². The molecule has 0 bridgehead atoms. The van der Waals surface area contributed by atoms with Crippen molar-refractivity contribution in [2.75, 3.05) is 12.4 Å². The van der Waals surface area contributed by atoms with E-state index in [1.165, 1.54) is 0 Å². The van der Waals surface area contributed by atoms with Crippen molar-refractivity contribution in [1.82, 2.24) is 30.5 Å². The monoisotopic (exact) mass is 337 g/mol. The number of hydrogen-bond acceptors (Lipinski definition) is 6. The number of benzene rings is 1. The van der Waals surface area contributed by atoms with Gasteiger partial charge in [-0.2, -0.15) is 5.21 Å². The lowest BCUT2D eigenvalue weighted by atomic mass is 10.1. The van der Waals surface area contributed by atoms with E-state index >= 15 is 0 Å². The molecule has 0 fully saturated rings. The van der Waals surface area contributed by atoms with Gasteiger partial charge in [0.2, 0.25) is 11.7 Å². The lowest BCUT2D eigenvalue weighted by molar-refractivity contribution is -0.120. The molecule has 0 saturated carbocycles. The van der Waals surface area contributed by atoms with Crippen LogP contribution in [-0.4, -0.2) is 49.5 Å². The molecule has 8 heteroatoms. The van der Waals surface area contributed by atoms with Crippen LogP contribution in [0.2, 0.25) is 0 Å². The second-order valence-electron chi connectivity index (χ2n) is 5.73. The second-order valence-corrected chi connectivity index (χ2v) is 5.73. The number of pyridine rings is 1. The van der Waals surface area contributed by atoms with E-state index in [4.69, 9.17) is 0 Å². The Morgan fingerprint density at radius 2 is 2.16 bits per heavy atom. The van der Waals surface area contributed by atoms with E-state index < -0.39 is 0 Å². The minimum Gasteiger partial charge on any atom is -0.309 e. The quantitative estimate of drug-likeness (QED) is 0.710. The topological polar surface area (TPSA) is 99.7 Å². The van der Waals surface area contributed by atoms with Gasteiger partial charge in [0.1, 0.15) is 5.82 Å². The molecule has 3 rings (SSSR count). The zero-order chi connectivity index (χ0) is 17.6. The third kappa shape index (κ3) is 4.24. The summed E-state index contributed by atoms with van der Waals surface area (Å²) in [6, 6.07) is 12.9. The third-order valence-corrected chi connectivity index (χ3v) is 3.92. The molecule has 1 aromatic carbocycles. The smallest absolute Gasteiger partial charge is 0.242 e. The van der Waals surface area contributed by atoms with Crippen molar-refractivity contribution < 1.29 is 4.79 Å². The first kappa shape index (κ1) is 16.7. The van der Waals surface area contributed by atoms with Crippen LogP contribution in [0.5, 0.6) is 0 Å². The molecule has 2 N–H and O–H groups in total. The third-order valence-electron chi connectivity index (χ3n) is 3.92. The zero-order valence-electron chi connectivity index (χ0n) is 14.0. The summed E-state index contributed by atoms with van der Waals surface area (Å²) in [5, 5.41) is 16.8. The molecular formula is C17H19N7O. The molecule has 0 aliphatic carbocycles. The Hall–Kier alpha value is -3.13. The Morgan fingerprint density at radius 1 is 1.28 bits per heavy atom. The maximum atomic E-state index is 12.4. The molecule has 1 atom stereocenters. The standard InChI is InChI=1S/C17H19N7O/c1-12(17(25)19-15-8-3-4-9-18-15)24(2)11-13-6-5-7-14(10-13)16-20-22-23-21-16/h3-10,12H,11H2,1-2H3,(H,18,19,25)(H,20,21,22,23). The van der Waals surface area contributed by atoms with Crippen LogP contribution in [-0.2, 0) is 11.3 Å². The molecular weight excluding hydrogens is 318 g/mol. The minimum atomic E-state index is -0.309. The lowest BCUT2D eigenvalue weighted by Gasteiger charge is -2.23. The molecule has 1 unspecified atom stereocenters. The number of aromatic nitrogens is 5. The number of rotatable bonds is 6. The summed E-state index contributed by atoms with van der Waals surface area (Å²) < 4.78 is 0. The van der Waals surface area contributed by atoms with Gasteiger partial charge in [0.15, 0.2) is 0 Å². The van der Waals surface area contributed by atoms with E-state index in [0.29, 0.717) is 18.2 Å². The fourth-order valence-corrected chi connectivity index (χ4v) is 2.39. The molecule has 0 spiro atoms. The number of hydrogen-bond donors (Lipinski definition) is 2. The van der Waals surface area contributed by atoms with Gasteiger partial charge in [-0.1, -0.05) is 24.3 Å². The number of carbonyl (C=O) groups is 1. The molecule has 1 amide bonds. The Kier molecular flexibility index (Phi) is 5.10. The summed E-state index contributed by atoms with van der Waals surface area (Å²) in [5.74, 6) is 0.993. The van der Waals surface area contributed by atoms with Crippen molar-refractivity contribution >= 4 is 11.7 Å². The van der Waals surface area contributed by atoms with Crippen LogP contribution in [0.4, 0.5) is 5.82 Å². The van der Waals surface area contributed by atoms with Crippen molar-refractivity contribution in [1.29, 1.82) is 0 Å². The van der Waals surface area contributed by atoms with E-state index in [1.807, 2.05) is 55.3 Å². The van der Waals surface area contributed by atoms with Crippen molar-refractivity contribution in [2.24, 2.45) is 0 Å². The Labute approximate surface area is 145 Å². The number of tetrazole rings is 1. The van der Waals surface area contributed by atoms with Gasteiger partial charge in [0.05, 0.1) is 6.04 Å². The number of nitrogens with zero attached hydrogens (tertiary/aromatic N) is 5. The van der Waals surface area contributed by atoms with Gasteiger partial charge in [-0.3, -0.25) is 9.69 Å². The Bertz CT molecular complexity index is 820. The molecule has 128 valence electrons. The molecule has 0 aliphatic rings. The molecule has 0 saturated heterocycles. The van der Waals surface area contributed by atoms with Crippen LogP contribution < -0.4 is 5.32 Å². The van der Waals surface area contributed by atoms with Crippen LogP contribution in [0.1, 0.15) is 12.5 Å². The highest BCUT2D eigenvalue weighted by Crippen LogP contribution is 2.17. The highest BCUT2D eigenvalue weighted by Gasteiger charge is 2.19. The van der Waals surface area contributed by atoms with Gasteiger partial charge in [0, 0.05) is 18.3 Å². The van der Waals surface area contributed by atoms with Crippen molar-refractivity contribution in [2.45, 2.75) is 19.5 Å². The summed E-state index contributed by atoms with van der Waals surface area (Å²) in [5.41, 5.74) is 1.94. The SMILES string of the molecule is CC(C(=O)Nc1ccccn1)N(C)Cc1cccc(-c2nn[nH]n2)c1. The molecule has 25 heavy (non-hydrogen) atoms. The lowest BCUT2D eigenvalue weighted by Crippen LogP contribution is -2.39. The van der Waals surface area contributed by atoms with Crippen molar-refractivity contribution in [3.8, 4) is 11.4 Å². The summed E-state index contributed by atoms with van der Waals surface area (Å²) >= 11 is 0. The van der Waals surface area contributed by atoms with Crippen LogP contribution >= 0.6 is 0 Å². The summed E-state index contributed by atoms with van der Waals surface area (Å²) in [7, 11) is 1.91. The molecule has 8 nitrogen and oxygen atoms in total. The molecule has 3 aromatic rings. The van der Waals surface area contributed by atoms with Gasteiger partial charge >= 0.3 is 0 Å². The van der Waals surface area contributed by atoms with Gasteiger partial charge in [-0.05, 0) is 42.9 Å². The van der Waals surface area contributed by atoms with Crippen LogP contribution in [0.25, 0.3) is 11.4 Å². The van der Waals surface area contributed by atoms with Crippen LogP contribution in [0.3, 0.4) is 0 Å². The van der Waals surface area contributed by atoms with E-state index in [9.17, 15) is 4.79 Å². The highest BCUT2D eigenvalue weighted by molar-refractivity contribution is 5.93. The largest absolute Gasteiger partial charge is 0.309 e. The number of carbonyl (C=O) groups excluding carboxylic acids is 1. The summed E-state index contributed by atoms with van der Waals surface area (Å²) in [6.07, 6.45) is 1.65. The number of nitrogens with one attached hydrogen (secondary N) is 2. The fourth-order valence-electron chi connectivity index (χ4n) is 2.39. The van der Waals surface area contributed by atoms with Gasteiger partial charge in [0.25, 0.3) is 0 Å². The van der Waals surface area contributed by atoms with Crippen molar-refractivity contribution in [3.05, 3.63) is 54.2 Å². The fraction of sp³-hybridized carbons (Fsp3) is 0.235. The van der Waals surface area contributed by atoms with Gasteiger partial charge < -0.3 is 5.32 Å². The number of H-pyrrole nitrogens is 1. The predicted octanol–water partition coefficient (Wildman–Crippen LogP) is 1.72. The van der Waals surface area contributed by atoms with E-state index in [1.54, 1.807) is 12.3 Å². The molecule has 2 heterocycles. The van der Waals surface area contributed by atoms with Gasteiger partial charge in [-0.25, -0.2) is 4.98 Å². The molecule has 0 radical (unpaired) electrons. The summed E-state index contributed by atoms with van der Waals surface area (Å²) in [6.45, 7) is 2.48. The first-order chi connectivity index (χ1) is 12.1. The van der Waals surface area contributed by atoms with E-state index in [-0.39, 0.29) is 11.9 Å². The normalized spacial score (nSPS) is 12.1. The van der Waals surface area contributed by atoms with Crippen LogP contribution in [0, 0.1) is 0 Å². The molecule has 0 aliphatic heterocycles. The maximum absolute atomic E-state index is 12.4. The Morgan fingerprint density at radius 3 is 2.88 bits per heavy atom. The average Bonchev–Trinajstić information content (AvgIpc) is 3.17. The van der Waals surface area contributed by atoms with Crippen molar-refractivity contribution in [3.63, 3.8) is 0 Å². The molecule has 2 aromatic heterocycles. The zero-order valence-corrected chi connectivity index (χ0v) is 14.0.